The number of aromatic amines is 1. The minimum absolute atomic E-state index is 0.0597. The van der Waals surface area contributed by atoms with Crippen LogP contribution >= 0.6 is 0 Å². The molecule has 0 spiro atoms. The van der Waals surface area contributed by atoms with Gasteiger partial charge in [0, 0.05) is 43.7 Å². The van der Waals surface area contributed by atoms with Crippen LogP contribution in [0.3, 0.4) is 0 Å². The Morgan fingerprint density at radius 1 is 0.400 bits per heavy atom. The summed E-state index contributed by atoms with van der Waals surface area (Å²) in [5.74, 6) is 0. The fourth-order valence-electron chi connectivity index (χ4n) is 9.12. The SMILES string of the molecule is CC.CC1(C)c2ccccc2-c2ccc(-c3cc(-c4ccccc4)cc(-c4cccc5c4[nH]c4ccc(-n6c7ccccc7c7ccccc76)cc45)c3)cc21. The van der Waals surface area contributed by atoms with E-state index in [2.05, 4.69) is 199 Å². The van der Waals surface area contributed by atoms with Gasteiger partial charge in [0.25, 0.3) is 0 Å². The second-order valence-corrected chi connectivity index (χ2v) is 15.0. The van der Waals surface area contributed by atoms with Crippen molar-refractivity contribution in [2.24, 2.45) is 0 Å². The number of H-pyrrole nitrogens is 1. The zero-order valence-electron chi connectivity index (χ0n) is 31.7. The van der Waals surface area contributed by atoms with E-state index in [0.29, 0.717) is 0 Å². The molecule has 8 aromatic carbocycles. The standard InChI is InChI=1S/C51H36N2.C2H6/c1-51(2)45-20-9-6-15-39(45)40-25-23-33(30-46(40)51)35-27-34(32-13-4-3-5-14-32)28-36(29-35)38-18-12-19-43-44-31-37(24-26-47(44)52-50(38)43)53-48-21-10-7-16-41(48)42-17-8-11-22-49(42)53;1-2/h3-31,52H,1-2H3;1-2H3. The van der Waals surface area contributed by atoms with Crippen molar-refractivity contribution in [3.8, 4) is 50.2 Å². The second kappa shape index (κ2) is 12.7. The molecule has 0 atom stereocenters. The van der Waals surface area contributed by atoms with Gasteiger partial charge in [0.2, 0.25) is 0 Å². The third kappa shape index (κ3) is 5.09. The van der Waals surface area contributed by atoms with Crippen molar-refractivity contribution in [3.05, 3.63) is 187 Å². The number of hydrogen-bond donors (Lipinski definition) is 1. The van der Waals surface area contributed by atoms with Gasteiger partial charge >= 0.3 is 0 Å². The van der Waals surface area contributed by atoms with Gasteiger partial charge in [-0.25, -0.2) is 0 Å². The van der Waals surface area contributed by atoms with Crippen LogP contribution in [-0.4, -0.2) is 9.55 Å². The van der Waals surface area contributed by atoms with Crippen molar-refractivity contribution < 1.29 is 0 Å². The van der Waals surface area contributed by atoms with E-state index in [1.54, 1.807) is 0 Å². The smallest absolute Gasteiger partial charge is 0.0544 e. The Balaban J connectivity index is 0.00000183. The fourth-order valence-corrected chi connectivity index (χ4v) is 9.12. The van der Waals surface area contributed by atoms with E-state index in [1.807, 2.05) is 13.8 Å². The Bertz CT molecular complexity index is 3030. The summed E-state index contributed by atoms with van der Waals surface area (Å²) in [5.41, 5.74) is 18.6. The molecule has 2 nitrogen and oxygen atoms in total. The highest BCUT2D eigenvalue weighted by Gasteiger charge is 2.35. The molecule has 2 aromatic heterocycles. The Morgan fingerprint density at radius 3 is 1.76 bits per heavy atom. The lowest BCUT2D eigenvalue weighted by atomic mass is 9.81. The molecule has 0 saturated carbocycles. The van der Waals surface area contributed by atoms with E-state index in [4.69, 9.17) is 0 Å². The van der Waals surface area contributed by atoms with E-state index in [0.717, 1.165) is 16.7 Å². The lowest BCUT2D eigenvalue weighted by molar-refractivity contribution is 0.660. The minimum Gasteiger partial charge on any atom is -0.354 e. The van der Waals surface area contributed by atoms with Gasteiger partial charge in [0.15, 0.2) is 0 Å². The van der Waals surface area contributed by atoms with Crippen LogP contribution in [0.25, 0.3) is 93.8 Å². The Hall–Kier alpha value is -6.64. The molecule has 264 valence electrons. The maximum Gasteiger partial charge on any atom is 0.0544 e. The molecule has 0 unspecified atom stereocenters. The fraction of sp³-hybridized carbons (Fsp3) is 0.0943. The Morgan fingerprint density at radius 2 is 1.00 bits per heavy atom. The van der Waals surface area contributed by atoms with Crippen molar-refractivity contribution in [2.75, 3.05) is 0 Å². The molecule has 0 saturated heterocycles. The maximum atomic E-state index is 3.86. The highest BCUT2D eigenvalue weighted by Crippen LogP contribution is 2.50. The molecule has 1 aliphatic rings. The Kier molecular flexibility index (Phi) is 7.64. The van der Waals surface area contributed by atoms with Crippen molar-refractivity contribution in [2.45, 2.75) is 33.1 Å². The van der Waals surface area contributed by atoms with Crippen LogP contribution in [0.5, 0.6) is 0 Å². The zero-order valence-corrected chi connectivity index (χ0v) is 31.7. The van der Waals surface area contributed by atoms with Crippen LogP contribution in [0.15, 0.2) is 176 Å². The van der Waals surface area contributed by atoms with Crippen molar-refractivity contribution >= 4 is 43.6 Å². The first-order valence-corrected chi connectivity index (χ1v) is 19.5. The summed E-state index contributed by atoms with van der Waals surface area (Å²) in [5, 5.41) is 5.00. The Labute approximate surface area is 322 Å². The number of para-hydroxylation sites is 3. The summed E-state index contributed by atoms with van der Waals surface area (Å²) in [7, 11) is 0. The summed E-state index contributed by atoms with van der Waals surface area (Å²) in [4.78, 5) is 3.86. The van der Waals surface area contributed by atoms with Gasteiger partial charge in [-0.2, -0.15) is 0 Å². The predicted octanol–water partition coefficient (Wildman–Crippen LogP) is 14.8. The molecule has 2 heterocycles. The van der Waals surface area contributed by atoms with Crippen molar-refractivity contribution in [1.29, 1.82) is 0 Å². The van der Waals surface area contributed by atoms with Gasteiger partial charge in [-0.05, 0) is 105 Å². The number of fused-ring (bicyclic) bond motifs is 9. The van der Waals surface area contributed by atoms with Gasteiger partial charge in [0.05, 0.1) is 16.6 Å². The quantitative estimate of drug-likeness (QED) is 0.188. The van der Waals surface area contributed by atoms with Crippen LogP contribution in [0.1, 0.15) is 38.8 Å². The first-order chi connectivity index (χ1) is 27.0. The molecule has 0 radical (unpaired) electrons. The number of nitrogens with one attached hydrogen (secondary N) is 1. The summed E-state index contributed by atoms with van der Waals surface area (Å²) in [6.45, 7) is 8.72. The van der Waals surface area contributed by atoms with Crippen LogP contribution in [0.4, 0.5) is 0 Å². The van der Waals surface area contributed by atoms with Crippen LogP contribution in [-0.2, 0) is 5.41 Å². The topological polar surface area (TPSA) is 20.7 Å². The van der Waals surface area contributed by atoms with Crippen LogP contribution in [0, 0.1) is 0 Å². The van der Waals surface area contributed by atoms with Gasteiger partial charge < -0.3 is 9.55 Å². The number of nitrogens with zero attached hydrogens (tertiary/aromatic N) is 1. The third-order valence-electron chi connectivity index (χ3n) is 11.7. The lowest BCUT2D eigenvalue weighted by Gasteiger charge is -2.22. The summed E-state index contributed by atoms with van der Waals surface area (Å²) >= 11 is 0. The first kappa shape index (κ1) is 33.0. The summed E-state index contributed by atoms with van der Waals surface area (Å²) in [6, 6.07) is 64.8. The first-order valence-electron chi connectivity index (χ1n) is 19.5. The van der Waals surface area contributed by atoms with Gasteiger partial charge in [-0.3, -0.25) is 0 Å². The highest BCUT2D eigenvalue weighted by atomic mass is 15.0. The van der Waals surface area contributed by atoms with E-state index in [9.17, 15) is 0 Å². The average Bonchev–Trinajstić information content (AvgIpc) is 3.87. The summed E-state index contributed by atoms with van der Waals surface area (Å²) in [6.07, 6.45) is 0. The van der Waals surface area contributed by atoms with Crippen LogP contribution in [0.2, 0.25) is 0 Å². The zero-order chi connectivity index (χ0) is 37.3. The molecule has 10 aromatic rings. The lowest BCUT2D eigenvalue weighted by Crippen LogP contribution is -2.14. The number of rotatable bonds is 4. The molecule has 2 heteroatoms. The maximum absolute atomic E-state index is 3.86. The second-order valence-electron chi connectivity index (χ2n) is 15.0. The van der Waals surface area contributed by atoms with Crippen molar-refractivity contribution in [3.63, 3.8) is 0 Å². The molecular weight excluding hydrogens is 665 g/mol. The largest absolute Gasteiger partial charge is 0.354 e. The number of aromatic nitrogens is 2. The molecule has 1 aliphatic carbocycles. The predicted molar refractivity (Wildman–Crippen MR) is 235 cm³/mol. The van der Waals surface area contributed by atoms with Crippen molar-refractivity contribution in [1.82, 2.24) is 9.55 Å². The normalized spacial score (nSPS) is 12.9. The van der Waals surface area contributed by atoms with Crippen LogP contribution < -0.4 is 0 Å². The van der Waals surface area contributed by atoms with Gasteiger partial charge in [-0.1, -0.05) is 149 Å². The average molecular weight is 707 g/mol. The molecule has 1 N–H and O–H groups in total. The molecule has 55 heavy (non-hydrogen) atoms. The molecule has 11 rings (SSSR count). The van der Waals surface area contributed by atoms with E-state index in [1.165, 1.54) is 88.2 Å². The van der Waals surface area contributed by atoms with Gasteiger partial charge in [-0.15, -0.1) is 0 Å². The molecule has 0 amide bonds. The monoisotopic (exact) mass is 706 g/mol. The van der Waals surface area contributed by atoms with E-state index >= 15 is 0 Å². The van der Waals surface area contributed by atoms with E-state index in [-0.39, 0.29) is 5.41 Å². The van der Waals surface area contributed by atoms with E-state index < -0.39 is 0 Å². The molecule has 0 fully saturated rings. The number of benzene rings is 8. The highest BCUT2D eigenvalue weighted by molar-refractivity contribution is 6.14. The van der Waals surface area contributed by atoms with Gasteiger partial charge in [0.1, 0.15) is 0 Å². The number of hydrogen-bond acceptors (Lipinski definition) is 0. The molecule has 0 aliphatic heterocycles. The molecule has 0 bridgehead atoms. The molecular formula is C53H42N2. The minimum atomic E-state index is -0.0597. The third-order valence-corrected chi connectivity index (χ3v) is 11.7. The summed E-state index contributed by atoms with van der Waals surface area (Å²) < 4.78 is 2.40.